The highest BCUT2D eigenvalue weighted by atomic mass is 16.6. The Morgan fingerprint density at radius 1 is 1.08 bits per heavy atom. The van der Waals surface area contributed by atoms with Crippen molar-refractivity contribution in [1.29, 1.82) is 0 Å². The molecule has 0 aliphatic rings. The van der Waals surface area contributed by atoms with Gasteiger partial charge in [-0.15, -0.1) is 0 Å². The Bertz CT molecular complexity index is 695. The number of para-hydroxylation sites is 1. The molecular formula is C21H27NO4. The summed E-state index contributed by atoms with van der Waals surface area (Å²) in [5, 5.41) is 12.3. The van der Waals surface area contributed by atoms with E-state index >= 15 is 0 Å². The fourth-order valence-corrected chi connectivity index (χ4v) is 2.45. The lowest BCUT2D eigenvalue weighted by Crippen LogP contribution is -2.42. The molecular weight excluding hydrogens is 330 g/mol. The number of ether oxygens (including phenoxy) is 2. The molecule has 1 atom stereocenters. The molecule has 140 valence electrons. The number of hydrogen-bond donors (Lipinski definition) is 2. The van der Waals surface area contributed by atoms with Crippen LogP contribution in [-0.2, 0) is 17.8 Å². The molecule has 2 rings (SSSR count). The standard InChI is InChI=1S/C21H27NO4/c1-21(2,3)26-20(24)22-18(14-23)13-17-11-7-8-12-19(17)25-15-16-9-5-4-6-10-16/h4-12,18,23H,13-15H2,1-3H3,(H,22,24). The highest BCUT2D eigenvalue weighted by Gasteiger charge is 2.20. The van der Waals surface area contributed by atoms with Gasteiger partial charge in [-0.25, -0.2) is 4.79 Å². The van der Waals surface area contributed by atoms with Gasteiger partial charge in [-0.3, -0.25) is 0 Å². The molecule has 26 heavy (non-hydrogen) atoms. The van der Waals surface area contributed by atoms with Gasteiger partial charge in [0.25, 0.3) is 0 Å². The van der Waals surface area contributed by atoms with Crippen molar-refractivity contribution in [2.45, 2.75) is 45.4 Å². The predicted molar refractivity (Wildman–Crippen MR) is 101 cm³/mol. The molecule has 2 aromatic carbocycles. The zero-order valence-electron chi connectivity index (χ0n) is 15.6. The Morgan fingerprint density at radius 2 is 1.73 bits per heavy atom. The quantitative estimate of drug-likeness (QED) is 0.793. The summed E-state index contributed by atoms with van der Waals surface area (Å²) in [5.74, 6) is 0.737. The van der Waals surface area contributed by atoms with Gasteiger partial charge in [-0.1, -0.05) is 48.5 Å². The Kier molecular flexibility index (Phi) is 7.04. The summed E-state index contributed by atoms with van der Waals surface area (Å²) in [6.07, 6.45) is -0.0972. The minimum absolute atomic E-state index is 0.188. The first-order chi connectivity index (χ1) is 12.4. The number of alkyl carbamates (subject to hydrolysis) is 1. The molecule has 0 bridgehead atoms. The van der Waals surface area contributed by atoms with Crippen molar-refractivity contribution in [3.63, 3.8) is 0 Å². The minimum Gasteiger partial charge on any atom is -0.489 e. The van der Waals surface area contributed by atoms with E-state index in [1.54, 1.807) is 20.8 Å². The first-order valence-electron chi connectivity index (χ1n) is 8.72. The van der Waals surface area contributed by atoms with Crippen molar-refractivity contribution in [3.8, 4) is 5.75 Å². The average molecular weight is 357 g/mol. The van der Waals surface area contributed by atoms with E-state index in [2.05, 4.69) is 5.32 Å². The van der Waals surface area contributed by atoms with Crippen LogP contribution in [-0.4, -0.2) is 29.4 Å². The predicted octanol–water partition coefficient (Wildman–Crippen LogP) is 3.69. The van der Waals surface area contributed by atoms with Crippen LogP contribution in [0.5, 0.6) is 5.75 Å². The van der Waals surface area contributed by atoms with E-state index in [1.165, 1.54) is 0 Å². The monoisotopic (exact) mass is 357 g/mol. The van der Waals surface area contributed by atoms with Gasteiger partial charge >= 0.3 is 6.09 Å². The first-order valence-corrected chi connectivity index (χ1v) is 8.72. The lowest BCUT2D eigenvalue weighted by molar-refractivity contribution is 0.0482. The van der Waals surface area contributed by atoms with Crippen molar-refractivity contribution < 1.29 is 19.4 Å². The number of carbonyl (C=O) groups excluding carboxylic acids is 1. The van der Waals surface area contributed by atoms with E-state index in [9.17, 15) is 9.90 Å². The number of hydrogen-bond acceptors (Lipinski definition) is 4. The second-order valence-corrected chi connectivity index (χ2v) is 7.11. The molecule has 0 aliphatic heterocycles. The van der Waals surface area contributed by atoms with Gasteiger partial charge in [0.15, 0.2) is 0 Å². The second kappa shape index (κ2) is 9.25. The van der Waals surface area contributed by atoms with Crippen molar-refractivity contribution in [2.75, 3.05) is 6.61 Å². The van der Waals surface area contributed by atoms with Crippen LogP contribution < -0.4 is 10.1 Å². The van der Waals surface area contributed by atoms with Crippen LogP contribution >= 0.6 is 0 Å². The number of nitrogens with one attached hydrogen (secondary N) is 1. The van der Waals surface area contributed by atoms with Gasteiger partial charge in [0.05, 0.1) is 12.6 Å². The third kappa shape index (κ3) is 6.76. The van der Waals surface area contributed by atoms with Crippen LogP contribution in [0.15, 0.2) is 54.6 Å². The molecule has 0 radical (unpaired) electrons. The molecule has 0 saturated heterocycles. The lowest BCUT2D eigenvalue weighted by Gasteiger charge is -2.23. The van der Waals surface area contributed by atoms with E-state index in [4.69, 9.17) is 9.47 Å². The highest BCUT2D eigenvalue weighted by molar-refractivity contribution is 5.68. The SMILES string of the molecule is CC(C)(C)OC(=O)NC(CO)Cc1ccccc1OCc1ccccc1. The molecule has 0 aliphatic carbocycles. The zero-order valence-corrected chi connectivity index (χ0v) is 15.6. The maximum atomic E-state index is 11.9. The smallest absolute Gasteiger partial charge is 0.407 e. The van der Waals surface area contributed by atoms with Crippen molar-refractivity contribution in [3.05, 3.63) is 65.7 Å². The van der Waals surface area contributed by atoms with Crippen LogP contribution in [0, 0.1) is 0 Å². The third-order valence-corrected chi connectivity index (χ3v) is 3.62. The van der Waals surface area contributed by atoms with Crippen molar-refractivity contribution >= 4 is 6.09 Å². The zero-order chi connectivity index (χ0) is 19.0. The number of aliphatic hydroxyl groups is 1. The van der Waals surface area contributed by atoms with Gasteiger partial charge < -0.3 is 19.9 Å². The summed E-state index contributed by atoms with van der Waals surface area (Å²) < 4.78 is 11.2. The molecule has 1 unspecified atom stereocenters. The molecule has 0 aromatic heterocycles. The molecule has 0 saturated carbocycles. The van der Waals surface area contributed by atoms with Crippen LogP contribution in [0.25, 0.3) is 0 Å². The Labute approximate surface area is 155 Å². The van der Waals surface area contributed by atoms with Crippen LogP contribution in [0.3, 0.4) is 0 Å². The van der Waals surface area contributed by atoms with Gasteiger partial charge in [0.2, 0.25) is 0 Å². The Hall–Kier alpha value is -2.53. The highest BCUT2D eigenvalue weighted by Crippen LogP contribution is 2.21. The Balaban J connectivity index is 2.00. The van der Waals surface area contributed by atoms with Gasteiger partial charge in [0.1, 0.15) is 18.0 Å². The summed E-state index contributed by atoms with van der Waals surface area (Å²) in [4.78, 5) is 11.9. The molecule has 2 aromatic rings. The van der Waals surface area contributed by atoms with E-state index in [0.29, 0.717) is 13.0 Å². The number of amides is 1. The maximum Gasteiger partial charge on any atom is 0.407 e. The number of rotatable bonds is 7. The summed E-state index contributed by atoms with van der Waals surface area (Å²) in [5.41, 5.74) is 1.41. The average Bonchev–Trinajstić information content (AvgIpc) is 2.59. The number of aliphatic hydroxyl groups excluding tert-OH is 1. The van der Waals surface area contributed by atoms with Gasteiger partial charge in [-0.2, -0.15) is 0 Å². The minimum atomic E-state index is -0.583. The first kappa shape index (κ1) is 19.8. The van der Waals surface area contributed by atoms with E-state index in [-0.39, 0.29) is 6.61 Å². The summed E-state index contributed by atoms with van der Waals surface area (Å²) in [6.45, 7) is 5.67. The van der Waals surface area contributed by atoms with Gasteiger partial charge in [0, 0.05) is 0 Å². The van der Waals surface area contributed by atoms with Crippen LogP contribution in [0.2, 0.25) is 0 Å². The summed E-state index contributed by atoms with van der Waals surface area (Å²) in [6, 6.07) is 17.1. The largest absolute Gasteiger partial charge is 0.489 e. The maximum absolute atomic E-state index is 11.9. The molecule has 5 heteroatoms. The lowest BCUT2D eigenvalue weighted by atomic mass is 10.1. The van der Waals surface area contributed by atoms with Crippen LogP contribution in [0.4, 0.5) is 4.79 Å². The summed E-state index contributed by atoms with van der Waals surface area (Å²) in [7, 11) is 0. The molecule has 1 amide bonds. The molecule has 0 fully saturated rings. The van der Waals surface area contributed by atoms with Crippen molar-refractivity contribution in [2.24, 2.45) is 0 Å². The number of benzene rings is 2. The van der Waals surface area contributed by atoms with Crippen molar-refractivity contribution in [1.82, 2.24) is 5.32 Å². The Morgan fingerprint density at radius 3 is 2.38 bits per heavy atom. The van der Waals surface area contributed by atoms with Crippen LogP contribution in [0.1, 0.15) is 31.9 Å². The topological polar surface area (TPSA) is 67.8 Å². The van der Waals surface area contributed by atoms with E-state index in [1.807, 2.05) is 54.6 Å². The van der Waals surface area contributed by atoms with E-state index in [0.717, 1.165) is 16.9 Å². The second-order valence-electron chi connectivity index (χ2n) is 7.11. The molecule has 0 spiro atoms. The molecule has 5 nitrogen and oxygen atoms in total. The molecule has 2 N–H and O–H groups in total. The normalized spacial score (nSPS) is 12.3. The third-order valence-electron chi connectivity index (χ3n) is 3.62. The number of carbonyl (C=O) groups is 1. The van der Waals surface area contributed by atoms with Gasteiger partial charge in [-0.05, 0) is 44.4 Å². The fourth-order valence-electron chi connectivity index (χ4n) is 2.45. The van der Waals surface area contributed by atoms with E-state index < -0.39 is 17.7 Å². The fraction of sp³-hybridized carbons (Fsp3) is 0.381. The summed E-state index contributed by atoms with van der Waals surface area (Å²) >= 11 is 0. The molecule has 0 heterocycles.